The van der Waals surface area contributed by atoms with Gasteiger partial charge in [-0.15, -0.1) is 0 Å². The maximum absolute atomic E-state index is 13.8. The second-order valence-corrected chi connectivity index (χ2v) is 19.6. The van der Waals surface area contributed by atoms with E-state index in [9.17, 15) is 39.6 Å². The number of ketones is 4. The highest BCUT2D eigenvalue weighted by Gasteiger charge is 2.31. The zero-order valence-electron chi connectivity index (χ0n) is 34.9. The standard InChI is InChI=1S/C48H56O8/c1-45(2,3)41(53)33-17-25-13-27-19-34(42(54)46(4,5)6)21-29(38(27)50)15-31-23-36(44(56)48(10,11)12)24-32(40(31)52)16-30-22-35(43(55)47(7,8)9)20-28(39(30)51)14-26(18-33)37(25)49/h17-24,49-52H,13-16H2,1-12H3. The third-order valence-electron chi connectivity index (χ3n) is 10.4. The number of phenols is 4. The minimum absolute atomic E-state index is 0.0756. The number of benzene rings is 4. The van der Waals surface area contributed by atoms with Crippen molar-refractivity contribution in [3.8, 4) is 23.0 Å². The van der Waals surface area contributed by atoms with Gasteiger partial charge < -0.3 is 20.4 Å². The fourth-order valence-corrected chi connectivity index (χ4v) is 7.20. The second kappa shape index (κ2) is 14.4. The molecule has 0 amide bonds. The Labute approximate surface area is 330 Å². The SMILES string of the molecule is CC(C)(C)C(=O)c1cc2c(O)c(c1)Cc1cc(C(=O)C(C)(C)C)cc(c1O)Cc1cc(C(=O)C(C)(C)C)cc(c1O)Cc1cc(C(=O)C(C)(C)C)cc(c1O)C2. The molecular weight excluding hydrogens is 705 g/mol. The highest BCUT2D eigenvalue weighted by atomic mass is 16.3. The Kier molecular flexibility index (Phi) is 10.7. The van der Waals surface area contributed by atoms with Crippen LogP contribution >= 0.6 is 0 Å². The number of carbonyl (C=O) groups is 4. The number of fused-ring (bicyclic) bond motifs is 8. The first-order valence-electron chi connectivity index (χ1n) is 19.2. The molecule has 0 fully saturated rings. The van der Waals surface area contributed by atoms with Crippen LogP contribution in [0.15, 0.2) is 48.5 Å². The van der Waals surface area contributed by atoms with Crippen molar-refractivity contribution in [2.24, 2.45) is 21.7 Å². The molecule has 56 heavy (non-hydrogen) atoms. The van der Waals surface area contributed by atoms with Crippen LogP contribution in [0.5, 0.6) is 23.0 Å². The third kappa shape index (κ3) is 8.45. The summed E-state index contributed by atoms with van der Waals surface area (Å²) in [6.45, 7) is 21.5. The van der Waals surface area contributed by atoms with Crippen LogP contribution in [0.4, 0.5) is 0 Å². The molecule has 296 valence electrons. The Morgan fingerprint density at radius 2 is 0.446 bits per heavy atom. The summed E-state index contributed by atoms with van der Waals surface area (Å²) in [5.74, 6) is -1.37. The highest BCUT2D eigenvalue weighted by molar-refractivity contribution is 6.02. The molecule has 1 aliphatic carbocycles. The van der Waals surface area contributed by atoms with E-state index in [4.69, 9.17) is 0 Å². The Hall–Kier alpha value is -5.24. The lowest BCUT2D eigenvalue weighted by Crippen LogP contribution is -2.21. The fraction of sp³-hybridized carbons (Fsp3) is 0.417. The maximum Gasteiger partial charge on any atom is 0.168 e. The molecule has 4 N–H and O–H groups in total. The predicted molar refractivity (Wildman–Crippen MR) is 219 cm³/mol. The normalized spacial score (nSPS) is 13.6. The van der Waals surface area contributed by atoms with E-state index in [0.29, 0.717) is 66.8 Å². The molecule has 8 heteroatoms. The van der Waals surface area contributed by atoms with Crippen molar-refractivity contribution in [1.82, 2.24) is 0 Å². The molecule has 1 aliphatic rings. The topological polar surface area (TPSA) is 149 Å². The molecule has 0 spiro atoms. The van der Waals surface area contributed by atoms with E-state index in [0.717, 1.165) is 0 Å². The van der Waals surface area contributed by atoms with E-state index in [2.05, 4.69) is 0 Å². The van der Waals surface area contributed by atoms with Crippen LogP contribution in [0.25, 0.3) is 0 Å². The Bertz CT molecular complexity index is 1880. The molecule has 0 atom stereocenters. The summed E-state index contributed by atoms with van der Waals surface area (Å²) < 4.78 is 0. The number of phenolic OH excluding ortho intramolecular Hbond substituents is 4. The van der Waals surface area contributed by atoms with E-state index in [1.165, 1.54) is 0 Å². The second-order valence-electron chi connectivity index (χ2n) is 19.6. The van der Waals surface area contributed by atoms with Crippen LogP contribution in [0.1, 0.15) is 169 Å². The zero-order chi connectivity index (χ0) is 42.0. The van der Waals surface area contributed by atoms with Crippen molar-refractivity contribution in [3.63, 3.8) is 0 Å². The number of aromatic hydroxyl groups is 4. The van der Waals surface area contributed by atoms with E-state index in [1.54, 1.807) is 132 Å². The number of rotatable bonds is 4. The van der Waals surface area contributed by atoms with Gasteiger partial charge in [0, 0.05) is 69.6 Å². The Balaban J connectivity index is 1.92. The van der Waals surface area contributed by atoms with Crippen LogP contribution in [0.2, 0.25) is 0 Å². The first-order chi connectivity index (χ1) is 25.6. The number of carbonyl (C=O) groups excluding carboxylic acids is 4. The minimum Gasteiger partial charge on any atom is -0.507 e. The summed E-state index contributed by atoms with van der Waals surface area (Å²) in [5.41, 5.74) is 0.648. The summed E-state index contributed by atoms with van der Waals surface area (Å²) in [4.78, 5) is 55.3. The van der Waals surface area contributed by atoms with Crippen LogP contribution in [-0.2, 0) is 25.7 Å². The third-order valence-corrected chi connectivity index (χ3v) is 10.4. The minimum atomic E-state index is -0.785. The van der Waals surface area contributed by atoms with Crippen molar-refractivity contribution in [2.45, 2.75) is 109 Å². The predicted octanol–water partition coefficient (Wildman–Crippen LogP) is 10.1. The molecule has 8 bridgehead atoms. The monoisotopic (exact) mass is 760 g/mol. The molecule has 4 aromatic carbocycles. The quantitative estimate of drug-likeness (QED) is 0.132. The molecule has 0 aliphatic heterocycles. The highest BCUT2D eigenvalue weighted by Crippen LogP contribution is 2.41. The first kappa shape index (κ1) is 41.9. The van der Waals surface area contributed by atoms with Crippen LogP contribution in [0, 0.1) is 21.7 Å². The average molecular weight is 761 g/mol. The van der Waals surface area contributed by atoms with Gasteiger partial charge in [-0.25, -0.2) is 0 Å². The summed E-state index contributed by atoms with van der Waals surface area (Å²) >= 11 is 0. The van der Waals surface area contributed by atoms with Crippen molar-refractivity contribution in [3.05, 3.63) is 115 Å². The van der Waals surface area contributed by atoms with Crippen molar-refractivity contribution < 1.29 is 39.6 Å². The summed E-state index contributed by atoms with van der Waals surface area (Å²) in [6.07, 6.45) is -0.303. The van der Waals surface area contributed by atoms with Crippen LogP contribution < -0.4 is 0 Å². The van der Waals surface area contributed by atoms with Gasteiger partial charge in [-0.1, -0.05) is 83.1 Å². The van der Waals surface area contributed by atoms with E-state index < -0.39 is 21.7 Å². The number of Topliss-reactive ketones (excluding diaryl/α,β-unsaturated/α-hetero) is 4. The van der Waals surface area contributed by atoms with Crippen molar-refractivity contribution in [2.75, 3.05) is 0 Å². The van der Waals surface area contributed by atoms with Gasteiger partial charge in [0.15, 0.2) is 23.1 Å². The Morgan fingerprint density at radius 3 is 0.554 bits per heavy atom. The van der Waals surface area contributed by atoms with Crippen molar-refractivity contribution >= 4 is 23.1 Å². The van der Waals surface area contributed by atoms with Gasteiger partial charge in [0.05, 0.1) is 0 Å². The van der Waals surface area contributed by atoms with E-state index >= 15 is 0 Å². The first-order valence-corrected chi connectivity index (χ1v) is 19.2. The van der Waals surface area contributed by atoms with Gasteiger partial charge in [0.2, 0.25) is 0 Å². The summed E-state index contributed by atoms with van der Waals surface area (Å²) in [7, 11) is 0. The Morgan fingerprint density at radius 1 is 0.321 bits per heavy atom. The number of hydrogen-bond donors (Lipinski definition) is 4. The molecule has 0 unspecified atom stereocenters. The summed E-state index contributed by atoms with van der Waals surface area (Å²) in [6, 6.07) is 12.8. The lowest BCUT2D eigenvalue weighted by Gasteiger charge is -2.23. The average Bonchev–Trinajstić information content (AvgIpc) is 3.07. The molecular formula is C48H56O8. The molecule has 0 aromatic heterocycles. The van der Waals surface area contributed by atoms with Gasteiger partial charge in [-0.05, 0) is 93.0 Å². The smallest absolute Gasteiger partial charge is 0.168 e. The molecule has 4 aromatic rings. The summed E-state index contributed by atoms with van der Waals surface area (Å²) in [5, 5.41) is 47.8. The molecule has 0 heterocycles. The fourth-order valence-electron chi connectivity index (χ4n) is 7.20. The zero-order valence-corrected chi connectivity index (χ0v) is 34.9. The molecule has 5 rings (SSSR count). The van der Waals surface area contributed by atoms with Crippen LogP contribution in [-0.4, -0.2) is 43.6 Å². The van der Waals surface area contributed by atoms with Crippen molar-refractivity contribution in [1.29, 1.82) is 0 Å². The maximum atomic E-state index is 13.8. The molecule has 0 saturated heterocycles. The molecule has 0 radical (unpaired) electrons. The van der Waals surface area contributed by atoms with Gasteiger partial charge in [0.25, 0.3) is 0 Å². The van der Waals surface area contributed by atoms with Gasteiger partial charge in [0.1, 0.15) is 23.0 Å². The van der Waals surface area contributed by atoms with Gasteiger partial charge >= 0.3 is 0 Å². The number of hydrogen-bond acceptors (Lipinski definition) is 8. The van der Waals surface area contributed by atoms with Crippen LogP contribution in [0.3, 0.4) is 0 Å². The van der Waals surface area contributed by atoms with E-state index in [1.807, 2.05) is 0 Å². The molecule has 8 nitrogen and oxygen atoms in total. The van der Waals surface area contributed by atoms with E-state index in [-0.39, 0.29) is 71.8 Å². The lowest BCUT2D eigenvalue weighted by molar-refractivity contribution is 0.0852. The van der Waals surface area contributed by atoms with Gasteiger partial charge in [-0.2, -0.15) is 0 Å². The lowest BCUT2D eigenvalue weighted by atomic mass is 9.81. The molecule has 0 saturated carbocycles. The van der Waals surface area contributed by atoms with Gasteiger partial charge in [-0.3, -0.25) is 19.2 Å². The largest absolute Gasteiger partial charge is 0.507 e.